The van der Waals surface area contributed by atoms with Gasteiger partial charge in [0.2, 0.25) is 5.91 Å². The summed E-state index contributed by atoms with van der Waals surface area (Å²) in [5.41, 5.74) is 0. The van der Waals surface area contributed by atoms with Gasteiger partial charge in [-0.25, -0.2) is 0 Å². The highest BCUT2D eigenvalue weighted by molar-refractivity contribution is 5.76. The maximum atomic E-state index is 10.9. The van der Waals surface area contributed by atoms with Gasteiger partial charge in [-0.3, -0.25) is 4.79 Å². The Balaban J connectivity index is 1.63. The molecule has 0 spiro atoms. The Labute approximate surface area is 84.4 Å². The molecule has 14 heavy (non-hydrogen) atoms. The monoisotopic (exact) mass is 198 g/mol. The van der Waals surface area contributed by atoms with Gasteiger partial charge in [-0.2, -0.15) is 0 Å². The number of amides is 1. The number of hydrogen-bond acceptors (Lipinski definition) is 3. The average Bonchev–Trinajstić information content (AvgIpc) is 2.70. The number of nitrogens with one attached hydrogen (secondary N) is 2. The molecule has 0 aliphatic carbocycles. The molecule has 0 saturated carbocycles. The summed E-state index contributed by atoms with van der Waals surface area (Å²) in [6, 6.07) is 0.442. The summed E-state index contributed by atoms with van der Waals surface area (Å²) in [5, 5.41) is 6.31. The topological polar surface area (TPSA) is 50.4 Å². The Morgan fingerprint density at radius 3 is 3.07 bits per heavy atom. The van der Waals surface area contributed by atoms with Crippen LogP contribution in [0.25, 0.3) is 0 Å². The van der Waals surface area contributed by atoms with Gasteiger partial charge in [-0.15, -0.1) is 0 Å². The molecule has 2 atom stereocenters. The molecule has 80 valence electrons. The first-order valence-electron chi connectivity index (χ1n) is 5.46. The number of carbonyl (C=O) groups excluding carboxylic acids is 1. The van der Waals surface area contributed by atoms with Gasteiger partial charge >= 0.3 is 0 Å². The molecule has 2 N–H and O–H groups in total. The molecular weight excluding hydrogens is 180 g/mol. The predicted octanol–water partition coefficient (Wildman–Crippen LogP) is 0.0336. The highest BCUT2D eigenvalue weighted by atomic mass is 16.5. The number of ether oxygens (including phenoxy) is 1. The third-order valence-electron chi connectivity index (χ3n) is 2.92. The van der Waals surface area contributed by atoms with Crippen molar-refractivity contribution in [2.24, 2.45) is 0 Å². The van der Waals surface area contributed by atoms with Gasteiger partial charge in [-0.1, -0.05) is 0 Å². The fraction of sp³-hybridized carbons (Fsp3) is 0.900. The van der Waals surface area contributed by atoms with Crippen LogP contribution in [0.15, 0.2) is 0 Å². The van der Waals surface area contributed by atoms with Crippen molar-refractivity contribution < 1.29 is 9.53 Å². The van der Waals surface area contributed by atoms with Crippen molar-refractivity contribution in [3.05, 3.63) is 0 Å². The van der Waals surface area contributed by atoms with Crippen molar-refractivity contribution in [3.8, 4) is 0 Å². The smallest absolute Gasteiger partial charge is 0.220 e. The highest BCUT2D eigenvalue weighted by Gasteiger charge is 2.20. The van der Waals surface area contributed by atoms with E-state index >= 15 is 0 Å². The van der Waals surface area contributed by atoms with Crippen LogP contribution in [0.1, 0.15) is 25.7 Å². The van der Waals surface area contributed by atoms with Crippen LogP contribution in [-0.4, -0.2) is 37.7 Å². The van der Waals surface area contributed by atoms with E-state index in [0.29, 0.717) is 18.6 Å². The molecule has 1 amide bonds. The molecule has 0 bridgehead atoms. The molecule has 2 heterocycles. The van der Waals surface area contributed by atoms with E-state index in [9.17, 15) is 4.79 Å². The second kappa shape index (κ2) is 4.75. The van der Waals surface area contributed by atoms with Crippen LogP contribution in [0.2, 0.25) is 0 Å². The van der Waals surface area contributed by atoms with Gasteiger partial charge in [0.1, 0.15) is 0 Å². The van der Waals surface area contributed by atoms with Gasteiger partial charge in [0.25, 0.3) is 0 Å². The second-order valence-electron chi connectivity index (χ2n) is 4.08. The standard InChI is InChI=1S/C10H18N2O2/c13-10-4-3-8(6-12-10)11-7-9-2-1-5-14-9/h8-9,11H,1-7H2,(H,12,13). The minimum Gasteiger partial charge on any atom is -0.377 e. The zero-order valence-corrected chi connectivity index (χ0v) is 8.42. The summed E-state index contributed by atoms with van der Waals surface area (Å²) in [6.45, 7) is 2.61. The summed E-state index contributed by atoms with van der Waals surface area (Å²) in [7, 11) is 0. The molecule has 2 rings (SSSR count). The Kier molecular flexibility index (Phi) is 3.37. The van der Waals surface area contributed by atoms with E-state index in [1.165, 1.54) is 12.8 Å². The summed E-state index contributed by atoms with van der Waals surface area (Å²) in [6.07, 6.45) is 4.37. The first-order chi connectivity index (χ1) is 6.84. The number of hydrogen-bond donors (Lipinski definition) is 2. The maximum Gasteiger partial charge on any atom is 0.220 e. The molecule has 0 radical (unpaired) electrons. The zero-order chi connectivity index (χ0) is 9.80. The van der Waals surface area contributed by atoms with Crippen molar-refractivity contribution in [1.82, 2.24) is 10.6 Å². The third-order valence-corrected chi connectivity index (χ3v) is 2.92. The normalized spacial score (nSPS) is 33.0. The largest absolute Gasteiger partial charge is 0.377 e. The molecule has 0 aromatic heterocycles. The van der Waals surface area contributed by atoms with Crippen LogP contribution in [0.5, 0.6) is 0 Å². The molecule has 2 saturated heterocycles. The SMILES string of the molecule is O=C1CCC(NCC2CCCO2)CN1. The summed E-state index contributed by atoms with van der Waals surface area (Å²) < 4.78 is 5.52. The van der Waals surface area contributed by atoms with Crippen LogP contribution < -0.4 is 10.6 Å². The lowest BCUT2D eigenvalue weighted by Gasteiger charge is -2.24. The highest BCUT2D eigenvalue weighted by Crippen LogP contribution is 2.11. The van der Waals surface area contributed by atoms with Crippen molar-refractivity contribution in [2.45, 2.75) is 37.8 Å². The van der Waals surface area contributed by atoms with Crippen LogP contribution >= 0.6 is 0 Å². The van der Waals surface area contributed by atoms with Crippen LogP contribution in [0, 0.1) is 0 Å². The molecule has 2 unspecified atom stereocenters. The average molecular weight is 198 g/mol. The van der Waals surface area contributed by atoms with Gasteiger partial charge in [0.15, 0.2) is 0 Å². The van der Waals surface area contributed by atoms with E-state index in [-0.39, 0.29) is 5.91 Å². The van der Waals surface area contributed by atoms with E-state index in [4.69, 9.17) is 4.74 Å². The Morgan fingerprint density at radius 1 is 1.50 bits per heavy atom. The molecule has 2 aliphatic rings. The van der Waals surface area contributed by atoms with E-state index in [1.54, 1.807) is 0 Å². The van der Waals surface area contributed by atoms with Crippen molar-refractivity contribution in [3.63, 3.8) is 0 Å². The lowest BCUT2D eigenvalue weighted by molar-refractivity contribution is -0.122. The minimum atomic E-state index is 0.181. The summed E-state index contributed by atoms with van der Waals surface area (Å²) >= 11 is 0. The van der Waals surface area contributed by atoms with Gasteiger partial charge in [-0.05, 0) is 19.3 Å². The number of rotatable bonds is 3. The zero-order valence-electron chi connectivity index (χ0n) is 8.42. The van der Waals surface area contributed by atoms with E-state index in [0.717, 1.165) is 26.1 Å². The summed E-state index contributed by atoms with van der Waals surface area (Å²) in [5.74, 6) is 0.181. The van der Waals surface area contributed by atoms with Gasteiger partial charge < -0.3 is 15.4 Å². The molecule has 0 aromatic rings. The molecule has 2 fully saturated rings. The first-order valence-corrected chi connectivity index (χ1v) is 5.46. The van der Waals surface area contributed by atoms with E-state index in [2.05, 4.69) is 10.6 Å². The number of piperidine rings is 1. The van der Waals surface area contributed by atoms with Crippen LogP contribution in [0.4, 0.5) is 0 Å². The first kappa shape index (κ1) is 9.93. The van der Waals surface area contributed by atoms with Crippen molar-refractivity contribution in [1.29, 1.82) is 0 Å². The molecule has 4 heteroatoms. The lowest BCUT2D eigenvalue weighted by atomic mass is 10.1. The van der Waals surface area contributed by atoms with Crippen molar-refractivity contribution >= 4 is 5.91 Å². The van der Waals surface area contributed by atoms with Crippen molar-refractivity contribution in [2.75, 3.05) is 19.7 Å². The Hall–Kier alpha value is -0.610. The molecule has 4 nitrogen and oxygen atoms in total. The molecule has 2 aliphatic heterocycles. The van der Waals surface area contributed by atoms with Gasteiger partial charge in [0.05, 0.1) is 6.10 Å². The van der Waals surface area contributed by atoms with E-state index in [1.807, 2.05) is 0 Å². The summed E-state index contributed by atoms with van der Waals surface area (Å²) in [4.78, 5) is 10.9. The quantitative estimate of drug-likeness (QED) is 0.673. The third kappa shape index (κ3) is 2.69. The van der Waals surface area contributed by atoms with Crippen LogP contribution in [0.3, 0.4) is 0 Å². The molecule has 0 aromatic carbocycles. The van der Waals surface area contributed by atoms with E-state index < -0.39 is 0 Å². The number of carbonyl (C=O) groups is 1. The molecular formula is C10H18N2O2. The fourth-order valence-corrected chi connectivity index (χ4v) is 2.01. The Morgan fingerprint density at radius 2 is 2.43 bits per heavy atom. The fourth-order valence-electron chi connectivity index (χ4n) is 2.01. The maximum absolute atomic E-state index is 10.9. The van der Waals surface area contributed by atoms with Crippen LogP contribution in [-0.2, 0) is 9.53 Å². The minimum absolute atomic E-state index is 0.181. The Bertz CT molecular complexity index is 192. The van der Waals surface area contributed by atoms with Gasteiger partial charge in [0, 0.05) is 32.2 Å². The predicted molar refractivity (Wildman–Crippen MR) is 53.0 cm³/mol. The second-order valence-corrected chi connectivity index (χ2v) is 4.08. The lowest BCUT2D eigenvalue weighted by Crippen LogP contribution is -2.47.